The lowest BCUT2D eigenvalue weighted by Crippen LogP contribution is -2.41. The first-order chi connectivity index (χ1) is 13.5. The number of aromatic hydroxyl groups is 1. The van der Waals surface area contributed by atoms with E-state index in [9.17, 15) is 14.7 Å². The smallest absolute Gasteiger partial charge is 0.271 e. The van der Waals surface area contributed by atoms with E-state index < -0.39 is 0 Å². The molecule has 144 valence electrons. The first-order valence-corrected chi connectivity index (χ1v) is 9.00. The molecule has 0 spiro atoms. The summed E-state index contributed by atoms with van der Waals surface area (Å²) in [7, 11) is 0. The van der Waals surface area contributed by atoms with Gasteiger partial charge in [-0.2, -0.15) is 0 Å². The number of carbonyl (C=O) groups is 2. The summed E-state index contributed by atoms with van der Waals surface area (Å²) in [6.45, 7) is 3.20. The third-order valence-electron chi connectivity index (χ3n) is 4.82. The maximum absolute atomic E-state index is 12.8. The molecule has 1 atom stereocenters. The summed E-state index contributed by atoms with van der Waals surface area (Å²) < 4.78 is 7.11. The molecule has 8 nitrogen and oxygen atoms in total. The van der Waals surface area contributed by atoms with E-state index in [-0.39, 0.29) is 30.2 Å². The Labute approximate surface area is 161 Å². The fourth-order valence-electron chi connectivity index (χ4n) is 3.35. The first kappa shape index (κ1) is 17.8. The van der Waals surface area contributed by atoms with Crippen LogP contribution in [0.3, 0.4) is 0 Å². The van der Waals surface area contributed by atoms with Crippen molar-refractivity contribution in [1.82, 2.24) is 19.8 Å². The van der Waals surface area contributed by atoms with Gasteiger partial charge in [0.2, 0.25) is 0 Å². The number of phenols is 1. The number of fused-ring (bicyclic) bond motifs is 1. The van der Waals surface area contributed by atoms with Gasteiger partial charge in [0, 0.05) is 24.8 Å². The van der Waals surface area contributed by atoms with E-state index in [2.05, 4.69) is 10.3 Å². The van der Waals surface area contributed by atoms with Crippen molar-refractivity contribution in [2.24, 2.45) is 0 Å². The Morgan fingerprint density at radius 2 is 2.14 bits per heavy atom. The minimum atomic E-state index is -0.296. The number of rotatable bonds is 4. The SMILES string of the molecule is C[C@H]1c2nc(C(=O)NCc3ccco3)cn2CCN1C(=O)c1cccc(O)c1. The number of nitrogens with one attached hydrogen (secondary N) is 1. The molecule has 0 unspecified atom stereocenters. The van der Waals surface area contributed by atoms with Crippen molar-refractivity contribution < 1.29 is 19.1 Å². The Balaban J connectivity index is 1.49. The van der Waals surface area contributed by atoms with Crippen LogP contribution in [0.1, 0.15) is 45.4 Å². The molecule has 2 aromatic heterocycles. The lowest BCUT2D eigenvalue weighted by Gasteiger charge is -2.33. The summed E-state index contributed by atoms with van der Waals surface area (Å²) in [4.78, 5) is 31.4. The highest BCUT2D eigenvalue weighted by atomic mass is 16.3. The highest BCUT2D eigenvalue weighted by molar-refractivity contribution is 5.95. The largest absolute Gasteiger partial charge is 0.508 e. The first-order valence-electron chi connectivity index (χ1n) is 9.00. The average molecular weight is 380 g/mol. The number of hydrogen-bond acceptors (Lipinski definition) is 5. The number of benzene rings is 1. The van der Waals surface area contributed by atoms with Gasteiger partial charge in [0.1, 0.15) is 23.0 Å². The number of hydrogen-bond donors (Lipinski definition) is 2. The molecule has 0 aliphatic carbocycles. The molecule has 28 heavy (non-hydrogen) atoms. The summed E-state index contributed by atoms with van der Waals surface area (Å²) in [5.41, 5.74) is 0.725. The number of nitrogens with zero attached hydrogens (tertiary/aromatic N) is 3. The van der Waals surface area contributed by atoms with Crippen molar-refractivity contribution in [1.29, 1.82) is 0 Å². The van der Waals surface area contributed by atoms with Crippen molar-refractivity contribution in [3.8, 4) is 5.75 Å². The second-order valence-electron chi connectivity index (χ2n) is 6.66. The monoisotopic (exact) mass is 380 g/mol. The minimum absolute atomic E-state index is 0.0486. The molecular formula is C20H20N4O4. The summed E-state index contributed by atoms with van der Waals surface area (Å²) >= 11 is 0. The molecule has 2 amide bonds. The number of carbonyl (C=O) groups excluding carboxylic acids is 2. The Morgan fingerprint density at radius 1 is 1.29 bits per heavy atom. The van der Waals surface area contributed by atoms with E-state index in [1.807, 2.05) is 11.5 Å². The van der Waals surface area contributed by atoms with Crippen LogP contribution in [0, 0.1) is 0 Å². The molecule has 0 fully saturated rings. The summed E-state index contributed by atoms with van der Waals surface area (Å²) in [6, 6.07) is 9.53. The molecule has 3 aromatic rings. The molecule has 1 aliphatic heterocycles. The van der Waals surface area contributed by atoms with Crippen molar-refractivity contribution >= 4 is 11.8 Å². The van der Waals surface area contributed by atoms with E-state index >= 15 is 0 Å². The Bertz CT molecular complexity index is 1010. The van der Waals surface area contributed by atoms with Crippen LogP contribution in [0.25, 0.3) is 0 Å². The van der Waals surface area contributed by atoms with E-state index in [4.69, 9.17) is 4.42 Å². The summed E-state index contributed by atoms with van der Waals surface area (Å²) in [5.74, 6) is 0.891. The Morgan fingerprint density at radius 3 is 2.89 bits per heavy atom. The maximum Gasteiger partial charge on any atom is 0.271 e. The number of aromatic nitrogens is 2. The van der Waals surface area contributed by atoms with E-state index in [1.165, 1.54) is 12.1 Å². The topological polar surface area (TPSA) is 101 Å². The van der Waals surface area contributed by atoms with Crippen LogP contribution < -0.4 is 5.32 Å². The molecule has 3 heterocycles. The molecule has 0 bridgehead atoms. The molecule has 2 N–H and O–H groups in total. The molecule has 0 saturated carbocycles. The summed E-state index contributed by atoms with van der Waals surface area (Å²) in [6.07, 6.45) is 3.26. The predicted molar refractivity (Wildman–Crippen MR) is 99.7 cm³/mol. The fourth-order valence-corrected chi connectivity index (χ4v) is 3.35. The zero-order valence-corrected chi connectivity index (χ0v) is 15.3. The van der Waals surface area contributed by atoms with Gasteiger partial charge in [0.25, 0.3) is 11.8 Å². The second-order valence-corrected chi connectivity index (χ2v) is 6.66. The third-order valence-corrected chi connectivity index (χ3v) is 4.82. The lowest BCUT2D eigenvalue weighted by atomic mass is 10.1. The number of phenolic OH excluding ortho intramolecular Hbond substituents is 1. The van der Waals surface area contributed by atoms with Gasteiger partial charge in [-0.25, -0.2) is 4.98 Å². The van der Waals surface area contributed by atoms with Gasteiger partial charge in [-0.05, 0) is 37.3 Å². The van der Waals surface area contributed by atoms with Crippen molar-refractivity contribution in [2.75, 3.05) is 6.54 Å². The lowest BCUT2D eigenvalue weighted by molar-refractivity contribution is 0.0637. The highest BCUT2D eigenvalue weighted by Gasteiger charge is 2.31. The Hall–Kier alpha value is -3.55. The third kappa shape index (κ3) is 3.36. The molecule has 1 aromatic carbocycles. The minimum Gasteiger partial charge on any atom is -0.508 e. The highest BCUT2D eigenvalue weighted by Crippen LogP contribution is 2.27. The van der Waals surface area contributed by atoms with Gasteiger partial charge in [-0.3, -0.25) is 9.59 Å². The maximum atomic E-state index is 12.8. The van der Waals surface area contributed by atoms with Crippen LogP contribution in [-0.2, 0) is 13.1 Å². The van der Waals surface area contributed by atoms with E-state index in [0.717, 1.165) is 0 Å². The zero-order valence-electron chi connectivity index (χ0n) is 15.3. The van der Waals surface area contributed by atoms with Crippen molar-refractivity contribution in [3.05, 3.63) is 71.7 Å². The van der Waals surface area contributed by atoms with Crippen LogP contribution in [0.5, 0.6) is 5.75 Å². The van der Waals surface area contributed by atoms with Crippen LogP contribution in [0.4, 0.5) is 0 Å². The zero-order chi connectivity index (χ0) is 19.7. The van der Waals surface area contributed by atoms with Crippen LogP contribution >= 0.6 is 0 Å². The van der Waals surface area contributed by atoms with Crippen LogP contribution in [0.15, 0.2) is 53.3 Å². The molecule has 0 radical (unpaired) electrons. The summed E-state index contributed by atoms with van der Waals surface area (Å²) in [5, 5.41) is 12.4. The molecule has 4 rings (SSSR count). The molecule has 0 saturated heterocycles. The molecule has 8 heteroatoms. The average Bonchev–Trinajstić information content (AvgIpc) is 3.36. The standard InChI is InChI=1S/C20H20N4O4/c1-13-18-22-17(19(26)21-11-16-6-3-9-28-16)12-23(18)7-8-24(13)20(27)14-4-2-5-15(25)10-14/h2-6,9-10,12-13,25H,7-8,11H2,1H3,(H,21,26)/t13-/m0/s1. The van der Waals surface area contributed by atoms with Crippen LogP contribution in [0.2, 0.25) is 0 Å². The normalized spacial score (nSPS) is 15.9. The van der Waals surface area contributed by atoms with Gasteiger partial charge in [0.15, 0.2) is 0 Å². The van der Waals surface area contributed by atoms with Crippen LogP contribution in [-0.4, -0.2) is 37.9 Å². The molecular weight excluding hydrogens is 360 g/mol. The number of amides is 2. The van der Waals surface area contributed by atoms with Crippen molar-refractivity contribution in [3.63, 3.8) is 0 Å². The quantitative estimate of drug-likeness (QED) is 0.723. The van der Waals surface area contributed by atoms with Gasteiger partial charge in [-0.15, -0.1) is 0 Å². The second kappa shape index (κ2) is 7.22. The molecule has 1 aliphatic rings. The number of imidazole rings is 1. The van der Waals surface area contributed by atoms with Gasteiger partial charge < -0.3 is 24.3 Å². The van der Waals surface area contributed by atoms with Gasteiger partial charge in [0.05, 0.1) is 18.8 Å². The fraction of sp³-hybridized carbons (Fsp3) is 0.250. The van der Waals surface area contributed by atoms with E-state index in [0.29, 0.717) is 35.9 Å². The van der Waals surface area contributed by atoms with E-state index in [1.54, 1.807) is 41.6 Å². The van der Waals surface area contributed by atoms with Gasteiger partial charge in [-0.1, -0.05) is 6.07 Å². The van der Waals surface area contributed by atoms with Gasteiger partial charge >= 0.3 is 0 Å². The van der Waals surface area contributed by atoms with Crippen molar-refractivity contribution in [2.45, 2.75) is 26.1 Å². The Kier molecular flexibility index (Phi) is 4.60. The predicted octanol–water partition coefficient (Wildman–Crippen LogP) is 2.33. The number of furan rings is 1.